The molecule has 2 N–H and O–H groups in total. The van der Waals surface area contributed by atoms with Gasteiger partial charge in [0.2, 0.25) is 0 Å². The Balaban J connectivity index is 2.77. The van der Waals surface area contributed by atoms with Gasteiger partial charge in [-0.25, -0.2) is 8.42 Å². The molecule has 0 atom stereocenters. The Morgan fingerprint density at radius 3 is 2.19 bits per heavy atom. The van der Waals surface area contributed by atoms with Gasteiger partial charge in [-0.1, -0.05) is 23.7 Å². The number of rotatable bonds is 4. The molecule has 0 aliphatic rings. The molecule has 90 valence electrons. The molecule has 0 unspecified atom stereocenters. The van der Waals surface area contributed by atoms with E-state index < -0.39 is 15.4 Å². The zero-order valence-electron chi connectivity index (χ0n) is 9.40. The van der Waals surface area contributed by atoms with Crippen LogP contribution in [0.15, 0.2) is 24.3 Å². The lowest BCUT2D eigenvalue weighted by Crippen LogP contribution is -2.40. The lowest BCUT2D eigenvalue weighted by atomic mass is 10.1. The highest BCUT2D eigenvalue weighted by Gasteiger charge is 2.22. The highest BCUT2D eigenvalue weighted by Crippen LogP contribution is 2.14. The highest BCUT2D eigenvalue weighted by atomic mass is 35.5. The van der Waals surface area contributed by atoms with Crippen molar-refractivity contribution in [2.24, 2.45) is 5.73 Å². The average Bonchev–Trinajstić information content (AvgIpc) is 2.04. The van der Waals surface area contributed by atoms with E-state index in [1.807, 2.05) is 0 Å². The summed E-state index contributed by atoms with van der Waals surface area (Å²) in [5.41, 5.74) is 5.73. The molecular weight excluding hydrogens is 246 g/mol. The van der Waals surface area contributed by atoms with Crippen LogP contribution in [0.5, 0.6) is 0 Å². The number of nitrogens with two attached hydrogens (primary N) is 1. The maximum absolute atomic E-state index is 11.8. The van der Waals surface area contributed by atoms with E-state index in [1.54, 1.807) is 38.1 Å². The normalized spacial score (nSPS) is 12.8. The van der Waals surface area contributed by atoms with Crippen molar-refractivity contribution in [3.05, 3.63) is 34.9 Å². The molecule has 0 aliphatic carbocycles. The van der Waals surface area contributed by atoms with Crippen LogP contribution < -0.4 is 5.73 Å². The van der Waals surface area contributed by atoms with Crippen molar-refractivity contribution in [2.75, 3.05) is 5.75 Å². The van der Waals surface area contributed by atoms with Crippen LogP contribution in [0.4, 0.5) is 0 Å². The molecule has 0 saturated carbocycles. The van der Waals surface area contributed by atoms with Crippen LogP contribution in [0.25, 0.3) is 0 Å². The third-order valence-electron chi connectivity index (χ3n) is 1.89. The molecule has 1 aromatic carbocycles. The zero-order chi connectivity index (χ0) is 12.4. The van der Waals surface area contributed by atoms with E-state index >= 15 is 0 Å². The number of hydrogen-bond acceptors (Lipinski definition) is 3. The molecule has 1 rings (SSSR count). The van der Waals surface area contributed by atoms with Crippen molar-refractivity contribution in [3.8, 4) is 0 Å². The number of hydrogen-bond donors (Lipinski definition) is 1. The van der Waals surface area contributed by atoms with Crippen LogP contribution in [0.3, 0.4) is 0 Å². The predicted octanol–water partition coefficient (Wildman–Crippen LogP) is 1.99. The molecule has 0 aromatic heterocycles. The lowest BCUT2D eigenvalue weighted by Gasteiger charge is -2.18. The summed E-state index contributed by atoms with van der Waals surface area (Å²) in [5, 5.41) is 0.598. The molecule has 3 nitrogen and oxygen atoms in total. The summed E-state index contributed by atoms with van der Waals surface area (Å²) in [4.78, 5) is 0. The third-order valence-corrected chi connectivity index (χ3v) is 4.10. The van der Waals surface area contributed by atoms with Gasteiger partial charge in [0.05, 0.1) is 11.5 Å². The van der Waals surface area contributed by atoms with Crippen molar-refractivity contribution in [2.45, 2.75) is 25.1 Å². The molecular formula is C11H16ClNO2S. The van der Waals surface area contributed by atoms with Gasteiger partial charge >= 0.3 is 0 Å². The van der Waals surface area contributed by atoms with Crippen LogP contribution in [0.2, 0.25) is 5.02 Å². The van der Waals surface area contributed by atoms with E-state index in [9.17, 15) is 8.42 Å². The molecule has 0 spiro atoms. The molecule has 5 heteroatoms. The minimum atomic E-state index is -3.17. The Labute approximate surface area is 102 Å². The fraction of sp³-hybridized carbons (Fsp3) is 0.455. The Hall–Kier alpha value is -0.580. The monoisotopic (exact) mass is 261 g/mol. The minimum Gasteiger partial charge on any atom is -0.325 e. The zero-order valence-corrected chi connectivity index (χ0v) is 11.0. The Kier molecular flexibility index (Phi) is 3.99. The van der Waals surface area contributed by atoms with Crippen LogP contribution in [0, 0.1) is 0 Å². The third kappa shape index (κ3) is 4.96. The summed E-state index contributed by atoms with van der Waals surface area (Å²) in [5.74, 6) is -0.0204. The van der Waals surface area contributed by atoms with Gasteiger partial charge in [0.25, 0.3) is 0 Å². The summed E-state index contributed by atoms with van der Waals surface area (Å²) < 4.78 is 23.6. The second-order valence-corrected chi connectivity index (χ2v) is 7.15. The van der Waals surface area contributed by atoms with E-state index in [-0.39, 0.29) is 11.5 Å². The van der Waals surface area contributed by atoms with Crippen LogP contribution in [-0.2, 0) is 15.6 Å². The minimum absolute atomic E-state index is 0.00476. The molecule has 0 aliphatic heterocycles. The van der Waals surface area contributed by atoms with E-state index in [1.165, 1.54) is 0 Å². The fourth-order valence-corrected chi connectivity index (χ4v) is 3.51. The van der Waals surface area contributed by atoms with Crippen molar-refractivity contribution in [3.63, 3.8) is 0 Å². The van der Waals surface area contributed by atoms with E-state index in [2.05, 4.69) is 0 Å². The van der Waals surface area contributed by atoms with Crippen molar-refractivity contribution < 1.29 is 8.42 Å². The van der Waals surface area contributed by atoms with Gasteiger partial charge in [0, 0.05) is 10.6 Å². The van der Waals surface area contributed by atoms with E-state index in [0.29, 0.717) is 5.02 Å². The number of sulfone groups is 1. The molecule has 1 aromatic rings. The second kappa shape index (κ2) is 4.73. The predicted molar refractivity (Wildman–Crippen MR) is 67.2 cm³/mol. The smallest absolute Gasteiger partial charge is 0.156 e. The molecule has 0 amide bonds. The van der Waals surface area contributed by atoms with Crippen LogP contribution in [-0.4, -0.2) is 19.7 Å². The molecule has 0 bridgehead atoms. The highest BCUT2D eigenvalue weighted by molar-refractivity contribution is 7.90. The molecule has 0 fully saturated rings. The first kappa shape index (κ1) is 13.5. The van der Waals surface area contributed by atoms with Gasteiger partial charge < -0.3 is 5.73 Å². The van der Waals surface area contributed by atoms with Gasteiger partial charge in [-0.3, -0.25) is 0 Å². The summed E-state index contributed by atoms with van der Waals surface area (Å²) in [7, 11) is -3.17. The SMILES string of the molecule is CC(C)(N)CS(=O)(=O)Cc1ccc(Cl)cc1. The quantitative estimate of drug-likeness (QED) is 0.902. The van der Waals surface area contributed by atoms with E-state index in [0.717, 1.165) is 5.56 Å². The first-order chi connectivity index (χ1) is 7.18. The molecule has 16 heavy (non-hydrogen) atoms. The summed E-state index contributed by atoms with van der Waals surface area (Å²) in [6.07, 6.45) is 0. The number of benzene rings is 1. The fourth-order valence-electron chi connectivity index (χ4n) is 1.45. The largest absolute Gasteiger partial charge is 0.325 e. The van der Waals surface area contributed by atoms with Crippen LogP contribution in [0.1, 0.15) is 19.4 Å². The number of halogens is 1. The summed E-state index contributed by atoms with van der Waals surface area (Å²) in [6, 6.07) is 6.78. The average molecular weight is 262 g/mol. The standard InChI is InChI=1S/C11H16ClNO2S/c1-11(2,13)8-16(14,15)7-9-3-5-10(12)6-4-9/h3-6H,7-8,13H2,1-2H3. The Bertz CT molecular complexity index is 446. The molecule has 0 heterocycles. The second-order valence-electron chi connectivity index (χ2n) is 4.65. The summed E-state index contributed by atoms with van der Waals surface area (Å²) >= 11 is 5.72. The van der Waals surface area contributed by atoms with Crippen molar-refractivity contribution >= 4 is 21.4 Å². The first-order valence-corrected chi connectivity index (χ1v) is 7.12. The van der Waals surface area contributed by atoms with Gasteiger partial charge in [0.15, 0.2) is 9.84 Å². The van der Waals surface area contributed by atoms with Gasteiger partial charge in [-0.05, 0) is 31.5 Å². The molecule has 0 radical (unpaired) electrons. The van der Waals surface area contributed by atoms with Crippen molar-refractivity contribution in [1.82, 2.24) is 0 Å². The Morgan fingerprint density at radius 2 is 1.75 bits per heavy atom. The Morgan fingerprint density at radius 1 is 1.25 bits per heavy atom. The van der Waals surface area contributed by atoms with Crippen molar-refractivity contribution in [1.29, 1.82) is 0 Å². The van der Waals surface area contributed by atoms with Crippen LogP contribution >= 0.6 is 11.6 Å². The first-order valence-electron chi connectivity index (χ1n) is 4.92. The lowest BCUT2D eigenvalue weighted by molar-refractivity contribution is 0.544. The van der Waals surface area contributed by atoms with Gasteiger partial charge in [0.1, 0.15) is 0 Å². The topological polar surface area (TPSA) is 60.2 Å². The van der Waals surface area contributed by atoms with E-state index in [4.69, 9.17) is 17.3 Å². The van der Waals surface area contributed by atoms with Gasteiger partial charge in [-0.2, -0.15) is 0 Å². The molecule has 0 saturated heterocycles. The van der Waals surface area contributed by atoms with Gasteiger partial charge in [-0.15, -0.1) is 0 Å². The maximum Gasteiger partial charge on any atom is 0.156 e. The summed E-state index contributed by atoms with van der Waals surface area (Å²) in [6.45, 7) is 3.40. The maximum atomic E-state index is 11.8.